The van der Waals surface area contributed by atoms with Crippen molar-refractivity contribution in [3.05, 3.63) is 11.1 Å². The smallest absolute Gasteiger partial charge is 0.0879 e. The Kier molecular flexibility index (Phi) is 3.28. The van der Waals surface area contributed by atoms with Crippen LogP contribution >= 0.6 is 0 Å². The van der Waals surface area contributed by atoms with E-state index < -0.39 is 16.4 Å². The molecule has 92 valence electrons. The summed E-state index contributed by atoms with van der Waals surface area (Å²) in [5.41, 5.74) is 1.62. The van der Waals surface area contributed by atoms with Gasteiger partial charge in [0.1, 0.15) is 0 Å². The third-order valence-corrected chi connectivity index (χ3v) is 6.41. The average molecular weight is 242 g/mol. The molecule has 16 heavy (non-hydrogen) atoms. The van der Waals surface area contributed by atoms with Gasteiger partial charge in [-0.15, -0.1) is 0 Å². The third-order valence-electron chi connectivity index (χ3n) is 4.29. The topological polar surface area (TPSA) is 37.3 Å². The first kappa shape index (κ1) is 12.3. The largest absolute Gasteiger partial charge is 0.385 e. The fourth-order valence-electron chi connectivity index (χ4n) is 3.05. The van der Waals surface area contributed by atoms with E-state index in [0.29, 0.717) is 12.8 Å². The highest BCUT2D eigenvalue weighted by Crippen LogP contribution is 2.43. The Morgan fingerprint density at radius 1 is 1.19 bits per heavy atom. The van der Waals surface area contributed by atoms with Gasteiger partial charge >= 0.3 is 0 Å². The number of fused-ring (bicyclic) bond motifs is 2. The predicted octanol–water partition coefficient (Wildman–Crippen LogP) is 2.54. The van der Waals surface area contributed by atoms with E-state index in [1.807, 2.05) is 6.92 Å². The lowest BCUT2D eigenvalue weighted by molar-refractivity contribution is 0.0458. The van der Waals surface area contributed by atoms with Gasteiger partial charge in [0, 0.05) is 21.3 Å². The molecule has 0 saturated carbocycles. The fraction of sp³-hybridized carbons (Fsp3) is 0.846. The van der Waals surface area contributed by atoms with Crippen molar-refractivity contribution in [1.82, 2.24) is 0 Å². The lowest BCUT2D eigenvalue weighted by atomic mass is 9.79. The maximum Gasteiger partial charge on any atom is 0.0879 e. The highest BCUT2D eigenvalue weighted by molar-refractivity contribution is 7.86. The second-order valence-electron chi connectivity index (χ2n) is 5.57. The van der Waals surface area contributed by atoms with Crippen LogP contribution in [0.2, 0.25) is 0 Å². The van der Waals surface area contributed by atoms with Gasteiger partial charge in [0.25, 0.3) is 0 Å². The normalized spacial score (nSPS) is 42.9. The van der Waals surface area contributed by atoms with Gasteiger partial charge in [-0.1, -0.05) is 12.0 Å². The van der Waals surface area contributed by atoms with Gasteiger partial charge in [-0.25, -0.2) is 0 Å². The SMILES string of the molecule is CC(C)=C(C)C1(O)CC2CCCC(C1)S2=O. The van der Waals surface area contributed by atoms with Crippen LogP contribution in [0.1, 0.15) is 52.9 Å². The van der Waals surface area contributed by atoms with Crippen LogP contribution in [0.5, 0.6) is 0 Å². The zero-order chi connectivity index (χ0) is 11.9. The molecular weight excluding hydrogens is 220 g/mol. The van der Waals surface area contributed by atoms with Gasteiger partial charge in [-0.3, -0.25) is 4.21 Å². The Labute approximate surface area is 101 Å². The Hall–Kier alpha value is -0.150. The molecule has 2 aliphatic heterocycles. The number of rotatable bonds is 1. The summed E-state index contributed by atoms with van der Waals surface area (Å²) in [6.45, 7) is 6.13. The molecule has 2 fully saturated rings. The maximum absolute atomic E-state index is 12.1. The van der Waals surface area contributed by atoms with E-state index in [1.54, 1.807) is 0 Å². The van der Waals surface area contributed by atoms with Crippen molar-refractivity contribution < 1.29 is 9.32 Å². The first-order valence-electron chi connectivity index (χ1n) is 6.20. The van der Waals surface area contributed by atoms with Crippen LogP contribution in [-0.2, 0) is 10.8 Å². The summed E-state index contributed by atoms with van der Waals surface area (Å²) >= 11 is 0. The average Bonchev–Trinajstić information content (AvgIpc) is 2.19. The van der Waals surface area contributed by atoms with E-state index in [1.165, 1.54) is 12.0 Å². The van der Waals surface area contributed by atoms with Crippen LogP contribution in [0.25, 0.3) is 0 Å². The van der Waals surface area contributed by atoms with Gasteiger partial charge in [0.2, 0.25) is 0 Å². The molecule has 2 aliphatic rings. The van der Waals surface area contributed by atoms with Gasteiger partial charge in [0.15, 0.2) is 0 Å². The molecule has 1 N–H and O–H groups in total. The summed E-state index contributed by atoms with van der Waals surface area (Å²) in [6.07, 6.45) is 4.65. The van der Waals surface area contributed by atoms with Crippen LogP contribution in [0.15, 0.2) is 11.1 Å². The number of aliphatic hydroxyl groups is 1. The van der Waals surface area contributed by atoms with E-state index in [2.05, 4.69) is 13.8 Å². The van der Waals surface area contributed by atoms with E-state index in [0.717, 1.165) is 18.4 Å². The Bertz CT molecular complexity index is 326. The van der Waals surface area contributed by atoms with Crippen molar-refractivity contribution in [1.29, 1.82) is 0 Å². The van der Waals surface area contributed by atoms with Crippen molar-refractivity contribution >= 4 is 10.8 Å². The van der Waals surface area contributed by atoms with Crippen LogP contribution in [0, 0.1) is 0 Å². The molecule has 0 aliphatic carbocycles. The maximum atomic E-state index is 12.1. The van der Waals surface area contributed by atoms with Crippen LogP contribution in [0.3, 0.4) is 0 Å². The zero-order valence-corrected chi connectivity index (χ0v) is 11.3. The van der Waals surface area contributed by atoms with Crippen molar-refractivity contribution in [3.8, 4) is 0 Å². The minimum Gasteiger partial charge on any atom is -0.385 e. The molecule has 0 radical (unpaired) electrons. The second kappa shape index (κ2) is 4.26. The van der Waals surface area contributed by atoms with Gasteiger partial charge in [-0.2, -0.15) is 0 Å². The van der Waals surface area contributed by atoms with E-state index in [4.69, 9.17) is 0 Å². The van der Waals surface area contributed by atoms with Gasteiger partial charge in [0.05, 0.1) is 5.60 Å². The van der Waals surface area contributed by atoms with Crippen molar-refractivity contribution in [2.75, 3.05) is 0 Å². The van der Waals surface area contributed by atoms with Crippen molar-refractivity contribution in [3.63, 3.8) is 0 Å². The van der Waals surface area contributed by atoms with E-state index >= 15 is 0 Å². The van der Waals surface area contributed by atoms with Crippen molar-refractivity contribution in [2.45, 2.75) is 69.0 Å². The zero-order valence-electron chi connectivity index (χ0n) is 10.5. The van der Waals surface area contributed by atoms with E-state index in [9.17, 15) is 9.32 Å². The van der Waals surface area contributed by atoms with E-state index in [-0.39, 0.29) is 10.5 Å². The highest BCUT2D eigenvalue weighted by atomic mass is 32.2. The molecule has 0 aromatic heterocycles. The summed E-state index contributed by atoms with van der Waals surface area (Å²) < 4.78 is 12.1. The first-order valence-corrected chi connectivity index (χ1v) is 7.48. The molecule has 2 atom stereocenters. The molecule has 2 saturated heterocycles. The van der Waals surface area contributed by atoms with Gasteiger partial charge in [-0.05, 0) is 52.0 Å². The van der Waals surface area contributed by atoms with Crippen LogP contribution < -0.4 is 0 Å². The molecule has 2 unspecified atom stereocenters. The minimum absolute atomic E-state index is 0.229. The fourth-order valence-corrected chi connectivity index (χ4v) is 5.28. The van der Waals surface area contributed by atoms with Crippen LogP contribution in [0.4, 0.5) is 0 Å². The Morgan fingerprint density at radius 3 is 2.12 bits per heavy atom. The summed E-state index contributed by atoms with van der Waals surface area (Å²) in [4.78, 5) is 0. The molecule has 2 heterocycles. The molecule has 2 nitrogen and oxygen atoms in total. The second-order valence-corrected chi connectivity index (χ2v) is 7.56. The number of hydrogen-bond donors (Lipinski definition) is 1. The molecule has 2 bridgehead atoms. The summed E-state index contributed by atoms with van der Waals surface area (Å²) in [6, 6.07) is 0. The standard InChI is InChI=1S/C13H22O2S/c1-9(2)10(3)13(14)7-11-5-4-6-12(8-13)16(11)15/h11-12,14H,4-8H2,1-3H3. The van der Waals surface area contributed by atoms with Crippen LogP contribution in [-0.4, -0.2) is 25.4 Å². The molecule has 0 amide bonds. The number of allylic oxidation sites excluding steroid dienone is 1. The molecular formula is C13H22O2S. The predicted molar refractivity (Wildman–Crippen MR) is 67.8 cm³/mol. The van der Waals surface area contributed by atoms with Crippen molar-refractivity contribution in [2.24, 2.45) is 0 Å². The summed E-state index contributed by atoms with van der Waals surface area (Å²) in [5.74, 6) is 0. The third kappa shape index (κ3) is 2.00. The molecule has 0 aromatic carbocycles. The monoisotopic (exact) mass is 242 g/mol. The molecule has 0 spiro atoms. The Balaban J connectivity index is 2.27. The quantitative estimate of drug-likeness (QED) is 0.717. The lowest BCUT2D eigenvalue weighted by Crippen LogP contribution is -2.49. The summed E-state index contributed by atoms with van der Waals surface area (Å²) in [7, 11) is -0.695. The van der Waals surface area contributed by atoms with Gasteiger partial charge < -0.3 is 5.11 Å². The first-order chi connectivity index (χ1) is 7.44. The molecule has 0 aromatic rings. The highest BCUT2D eigenvalue weighted by Gasteiger charge is 2.46. The summed E-state index contributed by atoms with van der Waals surface area (Å²) in [5, 5.41) is 11.2. The molecule has 2 rings (SSSR count). The number of hydrogen-bond acceptors (Lipinski definition) is 2. The molecule has 3 heteroatoms. The Morgan fingerprint density at radius 2 is 1.69 bits per heavy atom. The minimum atomic E-state index is -0.695. The lowest BCUT2D eigenvalue weighted by Gasteiger charge is -2.44.